The molecule has 0 saturated carbocycles. The van der Waals surface area contributed by atoms with Gasteiger partial charge in [0, 0.05) is 12.2 Å². The Morgan fingerprint density at radius 1 is 1.21 bits per heavy atom. The molecule has 0 atom stereocenters. The fraction of sp³-hybridized carbons (Fsp3) is 0.190. The van der Waals surface area contributed by atoms with E-state index in [4.69, 9.17) is 0 Å². The molecular weight excluding hydrogens is 375 g/mol. The first-order valence-electron chi connectivity index (χ1n) is 8.93. The molecule has 1 aromatic heterocycles. The van der Waals surface area contributed by atoms with Crippen molar-refractivity contribution in [3.8, 4) is 11.4 Å². The van der Waals surface area contributed by atoms with Crippen molar-refractivity contribution in [2.75, 3.05) is 11.1 Å². The Morgan fingerprint density at radius 2 is 1.96 bits per heavy atom. The van der Waals surface area contributed by atoms with E-state index in [0.29, 0.717) is 23.1 Å². The summed E-state index contributed by atoms with van der Waals surface area (Å²) in [6, 6.07) is 14.2. The zero-order valence-electron chi connectivity index (χ0n) is 15.6. The van der Waals surface area contributed by atoms with Crippen molar-refractivity contribution >= 4 is 23.4 Å². The Balaban J connectivity index is 1.70. The number of rotatable bonds is 8. The third-order valence-electron chi connectivity index (χ3n) is 4.12. The molecule has 0 aliphatic carbocycles. The molecule has 0 radical (unpaired) electrons. The number of nitrogens with zero attached hydrogens (tertiary/aromatic N) is 3. The van der Waals surface area contributed by atoms with Crippen LogP contribution in [0.1, 0.15) is 12.5 Å². The highest BCUT2D eigenvalue weighted by molar-refractivity contribution is 7.99. The maximum absolute atomic E-state index is 14.1. The van der Waals surface area contributed by atoms with Crippen molar-refractivity contribution in [1.82, 2.24) is 14.8 Å². The quantitative estimate of drug-likeness (QED) is 0.448. The average molecular weight is 396 g/mol. The number of thioether (sulfide) groups is 1. The second-order valence-electron chi connectivity index (χ2n) is 6.07. The van der Waals surface area contributed by atoms with E-state index in [9.17, 15) is 9.18 Å². The highest BCUT2D eigenvalue weighted by atomic mass is 32.2. The summed E-state index contributed by atoms with van der Waals surface area (Å²) in [4.78, 5) is 12.3. The molecule has 3 aromatic rings. The third-order valence-corrected chi connectivity index (χ3v) is 5.09. The van der Waals surface area contributed by atoms with Gasteiger partial charge in [0.15, 0.2) is 11.0 Å². The van der Waals surface area contributed by atoms with Crippen LogP contribution >= 0.6 is 11.8 Å². The van der Waals surface area contributed by atoms with Gasteiger partial charge in [-0.3, -0.25) is 9.36 Å². The van der Waals surface area contributed by atoms with Gasteiger partial charge in [0.05, 0.1) is 11.3 Å². The minimum absolute atomic E-state index is 0.144. The Labute approximate surface area is 167 Å². The summed E-state index contributed by atoms with van der Waals surface area (Å²) in [7, 11) is 0. The van der Waals surface area contributed by atoms with E-state index in [-0.39, 0.29) is 17.5 Å². The number of aryl methyl sites for hydroxylation is 1. The number of carbonyl (C=O) groups is 1. The molecule has 0 saturated heterocycles. The summed E-state index contributed by atoms with van der Waals surface area (Å²) >= 11 is 1.25. The van der Waals surface area contributed by atoms with Gasteiger partial charge in [-0.15, -0.1) is 16.8 Å². The molecule has 7 heteroatoms. The van der Waals surface area contributed by atoms with Crippen molar-refractivity contribution in [2.24, 2.45) is 0 Å². The van der Waals surface area contributed by atoms with Gasteiger partial charge in [-0.2, -0.15) is 0 Å². The molecule has 2 aromatic carbocycles. The molecule has 5 nitrogen and oxygen atoms in total. The molecule has 0 unspecified atom stereocenters. The largest absolute Gasteiger partial charge is 0.325 e. The number of halogens is 1. The normalized spacial score (nSPS) is 10.6. The lowest BCUT2D eigenvalue weighted by Gasteiger charge is -2.09. The molecule has 0 fully saturated rings. The molecular formula is C21H21FN4OS. The number of carbonyl (C=O) groups excluding carboxylic acids is 1. The average Bonchev–Trinajstić information content (AvgIpc) is 3.10. The van der Waals surface area contributed by atoms with Gasteiger partial charge in [0.2, 0.25) is 5.91 Å². The summed E-state index contributed by atoms with van der Waals surface area (Å²) in [5.74, 6) is 0.0677. The first kappa shape index (κ1) is 19.8. The molecule has 0 aliphatic heterocycles. The minimum atomic E-state index is -0.370. The first-order valence-corrected chi connectivity index (χ1v) is 9.91. The Kier molecular flexibility index (Phi) is 6.60. The summed E-state index contributed by atoms with van der Waals surface area (Å²) in [6.45, 7) is 6.24. The van der Waals surface area contributed by atoms with Crippen LogP contribution in [0.4, 0.5) is 10.1 Å². The number of allylic oxidation sites excluding steroid dienone is 1. The monoisotopic (exact) mass is 396 g/mol. The Hall–Kier alpha value is -2.93. The fourth-order valence-corrected chi connectivity index (χ4v) is 3.43. The number of hydrogen-bond acceptors (Lipinski definition) is 4. The topological polar surface area (TPSA) is 59.8 Å². The van der Waals surface area contributed by atoms with Crippen LogP contribution in [0.2, 0.25) is 0 Å². The lowest BCUT2D eigenvalue weighted by atomic mass is 10.1. The van der Waals surface area contributed by atoms with Crippen LogP contribution in [-0.2, 0) is 17.8 Å². The summed E-state index contributed by atoms with van der Waals surface area (Å²) in [6.07, 6.45) is 2.64. The predicted octanol–water partition coefficient (Wildman–Crippen LogP) is 4.56. The van der Waals surface area contributed by atoms with Crippen LogP contribution in [0.15, 0.2) is 66.3 Å². The van der Waals surface area contributed by atoms with E-state index >= 15 is 0 Å². The van der Waals surface area contributed by atoms with Gasteiger partial charge in [0.25, 0.3) is 0 Å². The van der Waals surface area contributed by atoms with E-state index in [2.05, 4.69) is 29.0 Å². The van der Waals surface area contributed by atoms with E-state index in [0.717, 1.165) is 12.1 Å². The van der Waals surface area contributed by atoms with Gasteiger partial charge in [-0.25, -0.2) is 4.39 Å². The highest BCUT2D eigenvalue weighted by Crippen LogP contribution is 2.26. The number of nitrogens with one attached hydrogen (secondary N) is 1. The highest BCUT2D eigenvalue weighted by Gasteiger charge is 2.17. The van der Waals surface area contributed by atoms with Crippen molar-refractivity contribution in [3.63, 3.8) is 0 Å². The van der Waals surface area contributed by atoms with E-state index in [1.807, 2.05) is 24.3 Å². The number of hydrogen-bond donors (Lipinski definition) is 1. The van der Waals surface area contributed by atoms with Crippen molar-refractivity contribution in [3.05, 3.63) is 72.6 Å². The second kappa shape index (κ2) is 9.32. The van der Waals surface area contributed by atoms with Crippen molar-refractivity contribution in [2.45, 2.75) is 25.0 Å². The lowest BCUT2D eigenvalue weighted by Crippen LogP contribution is -2.14. The van der Waals surface area contributed by atoms with Crippen molar-refractivity contribution in [1.29, 1.82) is 0 Å². The molecule has 28 heavy (non-hydrogen) atoms. The predicted molar refractivity (Wildman–Crippen MR) is 111 cm³/mol. The van der Waals surface area contributed by atoms with Crippen LogP contribution in [-0.4, -0.2) is 26.4 Å². The third kappa shape index (κ3) is 4.67. The van der Waals surface area contributed by atoms with E-state index in [1.54, 1.807) is 28.8 Å². The standard InChI is InChI=1S/C21H21FN4OS/c1-3-13-26-20(17-7-5-6-8-18(17)22)24-25-21(26)28-14-19(27)23-16-11-9-15(4-2)10-12-16/h3,5-12H,1,4,13-14H2,2H3,(H,23,27). The van der Waals surface area contributed by atoms with Crippen LogP contribution in [0.5, 0.6) is 0 Å². The smallest absolute Gasteiger partial charge is 0.234 e. The lowest BCUT2D eigenvalue weighted by molar-refractivity contribution is -0.113. The maximum Gasteiger partial charge on any atom is 0.234 e. The Morgan fingerprint density at radius 3 is 2.64 bits per heavy atom. The van der Waals surface area contributed by atoms with Gasteiger partial charge in [-0.05, 0) is 36.2 Å². The first-order chi connectivity index (χ1) is 13.6. The number of aromatic nitrogens is 3. The zero-order valence-corrected chi connectivity index (χ0v) is 16.4. The molecule has 0 bridgehead atoms. The molecule has 3 rings (SSSR count). The molecule has 1 heterocycles. The molecule has 1 N–H and O–H groups in total. The van der Waals surface area contributed by atoms with Gasteiger partial charge in [0.1, 0.15) is 5.82 Å². The molecule has 0 aliphatic rings. The van der Waals surface area contributed by atoms with Gasteiger partial charge < -0.3 is 5.32 Å². The van der Waals surface area contributed by atoms with Crippen molar-refractivity contribution < 1.29 is 9.18 Å². The number of benzene rings is 2. The van der Waals surface area contributed by atoms with Crippen LogP contribution < -0.4 is 5.32 Å². The minimum Gasteiger partial charge on any atom is -0.325 e. The number of anilines is 1. The molecule has 144 valence electrons. The summed E-state index contributed by atoms with van der Waals surface area (Å²) < 4.78 is 15.9. The van der Waals surface area contributed by atoms with Gasteiger partial charge in [-0.1, -0.05) is 49.0 Å². The second-order valence-corrected chi connectivity index (χ2v) is 7.02. The number of amides is 1. The summed E-state index contributed by atoms with van der Waals surface area (Å²) in [5, 5.41) is 11.7. The van der Waals surface area contributed by atoms with Gasteiger partial charge >= 0.3 is 0 Å². The maximum atomic E-state index is 14.1. The Bertz CT molecular complexity index is 969. The van der Waals surface area contributed by atoms with E-state index < -0.39 is 0 Å². The SMILES string of the molecule is C=CCn1c(SCC(=O)Nc2ccc(CC)cc2)nnc1-c1ccccc1F. The summed E-state index contributed by atoms with van der Waals surface area (Å²) in [5.41, 5.74) is 2.33. The van der Waals surface area contributed by atoms with Crippen LogP contribution in [0.3, 0.4) is 0 Å². The van der Waals surface area contributed by atoms with Crippen LogP contribution in [0, 0.1) is 5.82 Å². The zero-order chi connectivity index (χ0) is 19.9. The fourth-order valence-electron chi connectivity index (χ4n) is 2.68. The van der Waals surface area contributed by atoms with E-state index in [1.165, 1.54) is 23.4 Å². The van der Waals surface area contributed by atoms with Crippen LogP contribution in [0.25, 0.3) is 11.4 Å². The molecule has 1 amide bonds. The molecule has 0 spiro atoms.